The summed E-state index contributed by atoms with van der Waals surface area (Å²) in [6, 6.07) is 24.3. The minimum absolute atomic E-state index is 0.184. The van der Waals surface area contributed by atoms with Gasteiger partial charge in [0.05, 0.1) is 25.6 Å². The number of aromatic nitrogens is 1. The van der Waals surface area contributed by atoms with Crippen LogP contribution in [-0.2, 0) is 31.9 Å². The molecule has 0 bridgehead atoms. The molecule has 0 unspecified atom stereocenters. The van der Waals surface area contributed by atoms with Crippen LogP contribution < -0.4 is 0 Å². The third-order valence-electron chi connectivity index (χ3n) is 6.88. The van der Waals surface area contributed by atoms with Crippen molar-refractivity contribution in [3.63, 3.8) is 0 Å². The van der Waals surface area contributed by atoms with E-state index in [0.717, 1.165) is 50.0 Å². The van der Waals surface area contributed by atoms with Crippen LogP contribution in [0.3, 0.4) is 0 Å². The van der Waals surface area contributed by atoms with E-state index in [2.05, 4.69) is 18.2 Å². The second kappa shape index (κ2) is 8.41. The van der Waals surface area contributed by atoms with Gasteiger partial charge in [0.15, 0.2) is 5.41 Å². The van der Waals surface area contributed by atoms with Gasteiger partial charge in [0, 0.05) is 24.0 Å². The molecule has 3 aromatic carbocycles. The summed E-state index contributed by atoms with van der Waals surface area (Å²) in [5.74, 6) is -1.17. The molecule has 0 N–H and O–H groups in total. The van der Waals surface area contributed by atoms with Crippen molar-refractivity contribution >= 4 is 22.7 Å². The van der Waals surface area contributed by atoms with Gasteiger partial charge < -0.3 is 9.47 Å². The van der Waals surface area contributed by atoms with Crippen LogP contribution in [0.15, 0.2) is 72.8 Å². The first-order valence-electron chi connectivity index (χ1n) is 11.2. The average Bonchev–Trinajstić information content (AvgIpc) is 3.31. The molecule has 1 aliphatic rings. The number of ether oxygens (including phenoxy) is 2. The normalized spacial score (nSPS) is 14.0. The van der Waals surface area contributed by atoms with Crippen molar-refractivity contribution in [2.75, 3.05) is 14.2 Å². The number of pyridine rings is 1. The maximum Gasteiger partial charge on any atom is 0.323 e. The lowest BCUT2D eigenvalue weighted by molar-refractivity contribution is -0.168. The van der Waals surface area contributed by atoms with Gasteiger partial charge in [-0.05, 0) is 34.4 Å². The first kappa shape index (κ1) is 21.8. The van der Waals surface area contributed by atoms with Gasteiger partial charge in [0.2, 0.25) is 0 Å². The Morgan fingerprint density at radius 1 is 0.765 bits per heavy atom. The van der Waals surface area contributed by atoms with Crippen LogP contribution in [0.4, 0.5) is 0 Å². The maximum absolute atomic E-state index is 13.0. The van der Waals surface area contributed by atoms with E-state index in [4.69, 9.17) is 14.5 Å². The summed E-state index contributed by atoms with van der Waals surface area (Å²) < 4.78 is 10.2. The van der Waals surface area contributed by atoms with Gasteiger partial charge in [-0.3, -0.25) is 9.59 Å². The van der Waals surface area contributed by atoms with Crippen LogP contribution in [0, 0.1) is 12.3 Å². The molecular weight excluding hydrogens is 426 g/mol. The lowest BCUT2D eigenvalue weighted by atomic mass is 9.84. The molecule has 5 nitrogen and oxygen atoms in total. The highest BCUT2D eigenvalue weighted by Gasteiger charge is 2.54. The number of carbonyl (C=O) groups excluding carboxylic acids is 2. The topological polar surface area (TPSA) is 65.5 Å². The number of esters is 2. The zero-order valence-electron chi connectivity index (χ0n) is 19.4. The quantitative estimate of drug-likeness (QED) is 0.311. The molecule has 1 aromatic heterocycles. The molecule has 34 heavy (non-hydrogen) atoms. The van der Waals surface area contributed by atoms with Crippen molar-refractivity contribution in [2.45, 2.75) is 19.8 Å². The maximum atomic E-state index is 13.0. The molecule has 1 heterocycles. The summed E-state index contributed by atoms with van der Waals surface area (Å²) in [5.41, 5.74) is 4.96. The Morgan fingerprint density at radius 3 is 2.09 bits per heavy atom. The second-order valence-electron chi connectivity index (χ2n) is 8.70. The molecule has 0 atom stereocenters. The Bertz CT molecular complexity index is 1400. The van der Waals surface area contributed by atoms with E-state index in [1.165, 1.54) is 14.2 Å². The van der Waals surface area contributed by atoms with Crippen molar-refractivity contribution < 1.29 is 19.1 Å². The standard InChI is InChI=1S/C29H25NO4/c1-18-23-16-29(27(31)33-2,28(32)34-3)17-24(23)26(30-25(18)20-11-5-4-6-12-20)22-15-9-13-19-10-7-8-14-21(19)22/h4-15H,16-17H2,1-3H3. The fourth-order valence-electron chi connectivity index (χ4n) is 5.17. The van der Waals surface area contributed by atoms with Crippen LogP contribution in [0.1, 0.15) is 16.7 Å². The predicted octanol–water partition coefficient (Wildman–Crippen LogP) is 5.31. The van der Waals surface area contributed by atoms with Crippen molar-refractivity contribution in [1.29, 1.82) is 0 Å². The first-order valence-corrected chi connectivity index (χ1v) is 11.2. The van der Waals surface area contributed by atoms with Crippen LogP contribution >= 0.6 is 0 Å². The zero-order valence-corrected chi connectivity index (χ0v) is 19.4. The Balaban J connectivity index is 1.83. The molecule has 0 aliphatic heterocycles. The Labute approximate surface area is 198 Å². The number of nitrogens with zero attached hydrogens (tertiary/aromatic N) is 1. The smallest absolute Gasteiger partial charge is 0.323 e. The SMILES string of the molecule is COC(=O)C1(C(=O)OC)Cc2c(-c3cccc4ccccc34)nc(-c3ccccc3)c(C)c2C1. The molecule has 0 amide bonds. The van der Waals surface area contributed by atoms with Gasteiger partial charge in [-0.1, -0.05) is 72.8 Å². The highest BCUT2D eigenvalue weighted by atomic mass is 16.5. The van der Waals surface area contributed by atoms with Gasteiger partial charge in [-0.15, -0.1) is 0 Å². The number of carbonyl (C=O) groups is 2. The number of rotatable bonds is 4. The third kappa shape index (κ3) is 3.27. The fraction of sp³-hybridized carbons (Fsp3) is 0.207. The summed E-state index contributed by atoms with van der Waals surface area (Å²) >= 11 is 0. The fourth-order valence-corrected chi connectivity index (χ4v) is 5.17. The van der Waals surface area contributed by atoms with E-state index >= 15 is 0 Å². The van der Waals surface area contributed by atoms with Gasteiger partial charge in [-0.2, -0.15) is 0 Å². The predicted molar refractivity (Wildman–Crippen MR) is 131 cm³/mol. The van der Waals surface area contributed by atoms with Crippen molar-refractivity contribution in [3.05, 3.63) is 89.5 Å². The molecular formula is C29H25NO4. The Morgan fingerprint density at radius 2 is 1.38 bits per heavy atom. The summed E-state index contributed by atoms with van der Waals surface area (Å²) in [5, 5.41) is 2.17. The molecule has 5 rings (SSSR count). The van der Waals surface area contributed by atoms with Crippen molar-refractivity contribution in [3.8, 4) is 22.5 Å². The van der Waals surface area contributed by atoms with Crippen LogP contribution in [-0.4, -0.2) is 31.1 Å². The van der Waals surface area contributed by atoms with E-state index < -0.39 is 17.4 Å². The Hall–Kier alpha value is -3.99. The van der Waals surface area contributed by atoms with Crippen molar-refractivity contribution in [1.82, 2.24) is 4.98 Å². The summed E-state index contributed by atoms with van der Waals surface area (Å²) in [7, 11) is 2.62. The van der Waals surface area contributed by atoms with Gasteiger partial charge in [0.25, 0.3) is 0 Å². The lowest BCUT2D eigenvalue weighted by Gasteiger charge is -2.22. The molecule has 0 fully saturated rings. The summed E-state index contributed by atoms with van der Waals surface area (Å²) in [6.45, 7) is 2.01. The van der Waals surface area contributed by atoms with Gasteiger partial charge in [-0.25, -0.2) is 4.98 Å². The molecule has 0 saturated heterocycles. The molecule has 170 valence electrons. The Kier molecular flexibility index (Phi) is 5.40. The van der Waals surface area contributed by atoms with E-state index in [0.29, 0.717) is 0 Å². The van der Waals surface area contributed by atoms with Gasteiger partial charge >= 0.3 is 11.9 Å². The number of methoxy groups -OCH3 is 2. The first-order chi connectivity index (χ1) is 16.5. The number of hydrogen-bond donors (Lipinski definition) is 0. The van der Waals surface area contributed by atoms with E-state index in [9.17, 15) is 9.59 Å². The number of hydrogen-bond acceptors (Lipinski definition) is 5. The molecule has 1 aliphatic carbocycles. The van der Waals surface area contributed by atoms with Crippen LogP contribution in [0.2, 0.25) is 0 Å². The van der Waals surface area contributed by atoms with E-state index in [1.54, 1.807) is 0 Å². The van der Waals surface area contributed by atoms with Gasteiger partial charge in [0.1, 0.15) is 0 Å². The van der Waals surface area contributed by atoms with E-state index in [1.807, 2.05) is 61.5 Å². The molecule has 4 aromatic rings. The molecule has 0 radical (unpaired) electrons. The monoisotopic (exact) mass is 451 g/mol. The second-order valence-corrected chi connectivity index (χ2v) is 8.70. The van der Waals surface area contributed by atoms with E-state index in [-0.39, 0.29) is 12.8 Å². The minimum atomic E-state index is -1.42. The summed E-state index contributed by atoms with van der Waals surface area (Å²) in [4.78, 5) is 31.1. The van der Waals surface area contributed by atoms with Crippen molar-refractivity contribution in [2.24, 2.45) is 5.41 Å². The lowest BCUT2D eigenvalue weighted by Crippen LogP contribution is -2.42. The molecule has 5 heteroatoms. The molecule has 0 spiro atoms. The largest absolute Gasteiger partial charge is 0.468 e. The average molecular weight is 452 g/mol. The van der Waals surface area contributed by atoms with Crippen LogP contribution in [0.25, 0.3) is 33.3 Å². The summed E-state index contributed by atoms with van der Waals surface area (Å²) in [6.07, 6.45) is 0.400. The van der Waals surface area contributed by atoms with Crippen LogP contribution in [0.5, 0.6) is 0 Å². The highest BCUT2D eigenvalue weighted by Crippen LogP contribution is 2.46. The minimum Gasteiger partial charge on any atom is -0.468 e. The molecule has 0 saturated carbocycles. The zero-order chi connectivity index (χ0) is 23.9. The third-order valence-corrected chi connectivity index (χ3v) is 6.88. The number of benzene rings is 3. The highest BCUT2D eigenvalue weighted by molar-refractivity contribution is 6.03. The number of fused-ring (bicyclic) bond motifs is 2.